The van der Waals surface area contributed by atoms with Gasteiger partial charge < -0.3 is 94.7 Å². The van der Waals surface area contributed by atoms with Crippen LogP contribution in [0.15, 0.2) is 0 Å². The van der Waals surface area contributed by atoms with Crippen molar-refractivity contribution in [2.24, 2.45) is 5.73 Å². The average molecular weight is 741 g/mol. The summed E-state index contributed by atoms with van der Waals surface area (Å²) < 4.78 is 43.2. The van der Waals surface area contributed by atoms with Crippen molar-refractivity contribution >= 4 is 0 Å². The lowest BCUT2D eigenvalue weighted by Gasteiger charge is -2.33. The summed E-state index contributed by atoms with van der Waals surface area (Å²) in [6.45, 7) is 4.17. The maximum atomic E-state index is 10.4. The number of ether oxygens (including phenoxy) is 8. The first-order chi connectivity index (χ1) is 24.1. The Labute approximate surface area is 293 Å². The van der Waals surface area contributed by atoms with E-state index in [4.69, 9.17) is 53.8 Å². The smallest absolute Gasteiger partial charge is 0.111 e. The van der Waals surface area contributed by atoms with Crippen LogP contribution in [0.25, 0.3) is 0 Å². The number of rotatable bonds is 38. The zero-order chi connectivity index (χ0) is 37.4. The van der Waals surface area contributed by atoms with Gasteiger partial charge in [-0.2, -0.15) is 0 Å². The van der Waals surface area contributed by atoms with Crippen molar-refractivity contribution in [1.29, 1.82) is 0 Å². The lowest BCUT2D eigenvalue weighted by Crippen LogP contribution is -2.53. The molecule has 50 heavy (non-hydrogen) atoms. The summed E-state index contributed by atoms with van der Waals surface area (Å²) in [4.78, 5) is 1.35. The first kappa shape index (κ1) is 49.2. The molecule has 0 aliphatic heterocycles. The summed E-state index contributed by atoms with van der Waals surface area (Å²) in [7, 11) is 0. The molecule has 8 atom stereocenters. The Bertz CT molecular complexity index is 693. The Morgan fingerprint density at radius 1 is 0.360 bits per heavy atom. The fourth-order valence-corrected chi connectivity index (χ4v) is 4.05. The van der Waals surface area contributed by atoms with E-state index in [1.807, 2.05) is 0 Å². The molecular weight excluding hydrogens is 676 g/mol. The molecule has 0 saturated heterocycles. The number of aliphatic hydroxyl groups excluding tert-OH is 10. The zero-order valence-electron chi connectivity index (χ0n) is 28.9. The molecule has 0 aromatic heterocycles. The molecule has 0 amide bonds. The summed E-state index contributed by atoms with van der Waals surface area (Å²) in [6, 6.07) is 0. The molecule has 0 bridgehead atoms. The van der Waals surface area contributed by atoms with Gasteiger partial charge in [0.1, 0.15) is 36.6 Å². The van der Waals surface area contributed by atoms with Gasteiger partial charge in [-0.15, -0.1) is 0 Å². The maximum Gasteiger partial charge on any atom is 0.111 e. The van der Waals surface area contributed by atoms with Crippen molar-refractivity contribution in [3.8, 4) is 0 Å². The third kappa shape index (κ3) is 26.0. The molecule has 0 aliphatic carbocycles. The number of hydrogen-bond donors (Lipinski definition) is 11. The Hall–Kier alpha value is -0.800. The van der Waals surface area contributed by atoms with E-state index >= 15 is 0 Å². The maximum absolute atomic E-state index is 10.4. The Morgan fingerprint density at radius 2 is 0.600 bits per heavy atom. The van der Waals surface area contributed by atoms with Crippen LogP contribution in [-0.2, 0) is 37.9 Å². The zero-order valence-corrected chi connectivity index (χ0v) is 28.9. The molecule has 1 unspecified atom stereocenters. The summed E-state index contributed by atoms with van der Waals surface area (Å²) in [6.07, 6.45) is -14.2. The fraction of sp³-hybridized carbons (Fsp3) is 1.00. The molecular formula is C30H64N2O18. The van der Waals surface area contributed by atoms with Gasteiger partial charge in [0.15, 0.2) is 0 Å². The molecule has 0 heterocycles. The van der Waals surface area contributed by atoms with Crippen LogP contribution < -0.4 is 5.73 Å². The van der Waals surface area contributed by atoms with Crippen molar-refractivity contribution in [2.75, 3.05) is 145 Å². The minimum atomic E-state index is -1.87. The molecule has 0 aromatic carbocycles. The fourth-order valence-electron chi connectivity index (χ4n) is 4.05. The molecule has 0 aliphatic rings. The largest absolute Gasteiger partial charge is 0.394 e. The van der Waals surface area contributed by atoms with Crippen molar-refractivity contribution < 1.29 is 89.0 Å². The van der Waals surface area contributed by atoms with Gasteiger partial charge in [0.25, 0.3) is 0 Å². The van der Waals surface area contributed by atoms with Crippen LogP contribution in [0.1, 0.15) is 0 Å². The molecule has 0 radical (unpaired) electrons. The predicted octanol–water partition coefficient (Wildman–Crippen LogP) is -6.75. The summed E-state index contributed by atoms with van der Waals surface area (Å²) in [5, 5.41) is 97.9. The molecule has 0 spiro atoms. The van der Waals surface area contributed by atoms with Gasteiger partial charge in [-0.1, -0.05) is 0 Å². The van der Waals surface area contributed by atoms with Crippen molar-refractivity contribution in [1.82, 2.24) is 4.90 Å². The second kappa shape index (κ2) is 34.0. The van der Waals surface area contributed by atoms with Gasteiger partial charge in [-0.3, -0.25) is 4.90 Å². The van der Waals surface area contributed by atoms with Crippen molar-refractivity contribution in [3.63, 3.8) is 0 Å². The third-order valence-corrected chi connectivity index (χ3v) is 6.96. The van der Waals surface area contributed by atoms with Crippen LogP contribution in [-0.4, -0.2) is 250 Å². The monoisotopic (exact) mass is 740 g/mol. The second-order valence-corrected chi connectivity index (χ2v) is 11.0. The van der Waals surface area contributed by atoms with E-state index < -0.39 is 62.0 Å². The Morgan fingerprint density at radius 3 is 0.860 bits per heavy atom. The molecule has 20 heteroatoms. The van der Waals surface area contributed by atoms with Crippen molar-refractivity contribution in [3.05, 3.63) is 0 Å². The Kier molecular flexibility index (Phi) is 33.5. The van der Waals surface area contributed by atoms with E-state index in [9.17, 15) is 40.9 Å². The van der Waals surface area contributed by atoms with E-state index in [0.29, 0.717) is 92.4 Å². The van der Waals surface area contributed by atoms with Crippen LogP contribution in [0.2, 0.25) is 0 Å². The molecule has 0 saturated carbocycles. The quantitative estimate of drug-likeness (QED) is 0.0262. The number of nitrogens with two attached hydrogens (primary N) is 1. The van der Waals surface area contributed by atoms with Crippen LogP contribution in [0, 0.1) is 0 Å². The second-order valence-electron chi connectivity index (χ2n) is 11.0. The molecule has 0 fully saturated rings. The van der Waals surface area contributed by atoms with Gasteiger partial charge in [0.2, 0.25) is 0 Å². The normalized spacial score (nSPS) is 17.0. The van der Waals surface area contributed by atoms with Crippen LogP contribution in [0.3, 0.4) is 0 Å². The van der Waals surface area contributed by atoms with Gasteiger partial charge in [-0.25, -0.2) is 0 Å². The molecule has 20 nitrogen and oxygen atoms in total. The van der Waals surface area contributed by atoms with E-state index in [1.54, 1.807) is 0 Å². The number of aliphatic hydroxyl groups is 10. The van der Waals surface area contributed by atoms with E-state index in [0.717, 1.165) is 0 Å². The predicted molar refractivity (Wildman–Crippen MR) is 174 cm³/mol. The van der Waals surface area contributed by atoms with Gasteiger partial charge in [-0.05, 0) is 0 Å². The average Bonchev–Trinajstić information content (AvgIpc) is 3.12. The lowest BCUT2D eigenvalue weighted by molar-refractivity contribution is -0.131. The third-order valence-electron chi connectivity index (χ3n) is 6.96. The molecule has 12 N–H and O–H groups in total. The highest BCUT2D eigenvalue weighted by Crippen LogP contribution is 2.11. The van der Waals surface area contributed by atoms with Gasteiger partial charge >= 0.3 is 0 Å². The molecule has 0 rings (SSSR count). The van der Waals surface area contributed by atoms with Gasteiger partial charge in [0.05, 0.1) is 131 Å². The first-order valence-corrected chi connectivity index (χ1v) is 16.8. The summed E-state index contributed by atoms with van der Waals surface area (Å²) in [5.41, 5.74) is 5.32. The summed E-state index contributed by atoms with van der Waals surface area (Å²) >= 11 is 0. The number of nitrogens with zero attached hydrogens (tertiary/aromatic N) is 1. The molecule has 302 valence electrons. The highest BCUT2D eigenvalue weighted by atomic mass is 16.6. The minimum Gasteiger partial charge on any atom is -0.394 e. The van der Waals surface area contributed by atoms with Crippen LogP contribution >= 0.6 is 0 Å². The first-order valence-electron chi connectivity index (χ1n) is 16.8. The summed E-state index contributed by atoms with van der Waals surface area (Å²) in [5.74, 6) is 0. The van der Waals surface area contributed by atoms with Crippen molar-refractivity contribution in [2.45, 2.75) is 48.8 Å². The van der Waals surface area contributed by atoms with Crippen LogP contribution in [0.5, 0.6) is 0 Å². The van der Waals surface area contributed by atoms with E-state index in [2.05, 4.69) is 0 Å². The van der Waals surface area contributed by atoms with E-state index in [1.165, 1.54) is 4.90 Å². The highest BCUT2D eigenvalue weighted by molar-refractivity contribution is 4.86. The standard InChI is InChI=1S/C30H64N2O18/c31-1-3-43-5-7-45-9-11-47-13-15-49-17-18-50-16-14-48-12-10-46-8-6-44-4-2-32(19-23(35)27(39)29(41)25(37)21-33)20-24(36)28(40)30(42)26(38)22-34/h23-30,33-42H,1-22,31H2/t23-,24-,25+,26+,27+,28?,29+,30+/m0/s1. The van der Waals surface area contributed by atoms with Crippen LogP contribution in [0.4, 0.5) is 0 Å². The Balaban J connectivity index is 4.03. The van der Waals surface area contributed by atoms with Gasteiger partial charge in [0, 0.05) is 26.2 Å². The van der Waals surface area contributed by atoms with E-state index in [-0.39, 0.29) is 39.5 Å². The SMILES string of the molecule is NCCOCCOCCOCCOCCOCCOCCOCCOCCN(C[C@H](O)C(O)[C@H](O)[C@H](O)CO)C[C@H](O)[C@@H](O)[C@H](O)[C@H](O)CO. The topological polar surface area (TPSA) is 305 Å². The minimum absolute atomic E-state index is 0.0370. The number of hydrogen-bond acceptors (Lipinski definition) is 20. The highest BCUT2D eigenvalue weighted by Gasteiger charge is 2.34. The lowest BCUT2D eigenvalue weighted by atomic mass is 10.0. The molecule has 0 aromatic rings.